The van der Waals surface area contributed by atoms with Crippen molar-refractivity contribution in [3.8, 4) is 28.7 Å². The molecule has 0 unspecified atom stereocenters. The van der Waals surface area contributed by atoms with Crippen molar-refractivity contribution in [2.45, 2.75) is 19.4 Å². The molecule has 0 fully saturated rings. The quantitative estimate of drug-likeness (QED) is 0.522. The monoisotopic (exact) mass is 378 g/mol. The molecule has 1 atom stereocenters. The molecule has 0 aliphatic carbocycles. The van der Waals surface area contributed by atoms with Crippen LogP contribution in [-0.4, -0.2) is 30.8 Å². The van der Waals surface area contributed by atoms with Crippen molar-refractivity contribution < 1.29 is 8.78 Å². The molecule has 28 heavy (non-hydrogen) atoms. The van der Waals surface area contributed by atoms with Gasteiger partial charge < -0.3 is 4.57 Å². The minimum absolute atomic E-state index is 0.295. The molecule has 0 radical (unpaired) electrons. The lowest BCUT2D eigenvalue weighted by Crippen LogP contribution is -2.11. The summed E-state index contributed by atoms with van der Waals surface area (Å²) in [5.41, 5.74) is 3.21. The molecule has 140 valence electrons. The third-order valence-electron chi connectivity index (χ3n) is 4.67. The second-order valence-corrected chi connectivity index (χ2v) is 6.32. The van der Waals surface area contributed by atoms with Crippen molar-refractivity contribution in [1.82, 2.24) is 24.1 Å². The Kier molecular flexibility index (Phi) is 4.57. The number of hydrogen-bond acceptors (Lipinski definition) is 4. The first-order valence-electron chi connectivity index (χ1n) is 8.80. The maximum atomic E-state index is 13.6. The molecule has 0 aliphatic heterocycles. The highest BCUT2D eigenvalue weighted by molar-refractivity contribution is 5.77. The number of nitriles is 1. The van der Waals surface area contributed by atoms with Gasteiger partial charge in [-0.1, -0.05) is 6.92 Å². The fourth-order valence-electron chi connectivity index (χ4n) is 3.17. The van der Waals surface area contributed by atoms with Crippen LogP contribution in [0.25, 0.3) is 28.3 Å². The number of halogens is 2. The Bertz CT molecular complexity index is 1170. The highest BCUT2D eigenvalue weighted by Gasteiger charge is 2.22. The molecular weight excluding hydrogens is 362 g/mol. The summed E-state index contributed by atoms with van der Waals surface area (Å²) in [6.07, 6.45) is 3.59. The van der Waals surface area contributed by atoms with E-state index < -0.39 is 12.7 Å². The van der Waals surface area contributed by atoms with E-state index in [0.717, 1.165) is 0 Å². The predicted molar refractivity (Wildman–Crippen MR) is 99.6 cm³/mol. The molecule has 0 N–H and O–H groups in total. The summed E-state index contributed by atoms with van der Waals surface area (Å²) in [5, 5.41) is 13.8. The van der Waals surface area contributed by atoms with Crippen molar-refractivity contribution in [3.05, 3.63) is 60.4 Å². The Labute approximate surface area is 159 Å². The Morgan fingerprint density at radius 3 is 2.61 bits per heavy atom. The Morgan fingerprint density at radius 1 is 1.14 bits per heavy atom. The lowest BCUT2D eigenvalue weighted by Gasteiger charge is -2.17. The van der Waals surface area contributed by atoms with E-state index in [0.29, 0.717) is 40.4 Å². The molecule has 3 heterocycles. The molecule has 4 rings (SSSR count). The summed E-state index contributed by atoms with van der Waals surface area (Å²) in [7, 11) is 0. The minimum Gasteiger partial charge on any atom is -0.323 e. The zero-order valence-corrected chi connectivity index (χ0v) is 15.0. The van der Waals surface area contributed by atoms with E-state index in [1.807, 2.05) is 13.0 Å². The van der Waals surface area contributed by atoms with Gasteiger partial charge in [-0.3, -0.25) is 0 Å². The number of rotatable bonds is 5. The average Bonchev–Trinajstić information content (AvgIpc) is 3.33. The van der Waals surface area contributed by atoms with Crippen molar-refractivity contribution in [1.29, 1.82) is 5.26 Å². The lowest BCUT2D eigenvalue weighted by atomic mass is 10.1. The zero-order valence-electron chi connectivity index (χ0n) is 15.0. The topological polar surface area (TPSA) is 71.8 Å². The minimum atomic E-state index is -0.556. The van der Waals surface area contributed by atoms with Crippen LogP contribution in [0.1, 0.15) is 25.1 Å². The SMILES string of the molecule is CC[C@@H](CF)n1cnc(-c2ccc(F)cc2)c1-c1ccc2ncc(C#N)n2n1. The summed E-state index contributed by atoms with van der Waals surface area (Å²) in [6, 6.07) is 11.1. The van der Waals surface area contributed by atoms with Crippen LogP contribution in [0.3, 0.4) is 0 Å². The third kappa shape index (κ3) is 2.91. The van der Waals surface area contributed by atoms with E-state index in [4.69, 9.17) is 0 Å². The molecule has 0 bridgehead atoms. The van der Waals surface area contributed by atoms with Gasteiger partial charge in [0, 0.05) is 5.56 Å². The molecule has 4 aromatic rings. The van der Waals surface area contributed by atoms with Gasteiger partial charge in [-0.2, -0.15) is 10.4 Å². The number of hydrogen-bond donors (Lipinski definition) is 0. The third-order valence-corrected chi connectivity index (χ3v) is 4.67. The number of fused-ring (bicyclic) bond motifs is 1. The van der Waals surface area contributed by atoms with Gasteiger partial charge >= 0.3 is 0 Å². The molecule has 0 aliphatic rings. The Hall–Kier alpha value is -3.60. The van der Waals surface area contributed by atoms with Crippen LogP contribution in [0.5, 0.6) is 0 Å². The van der Waals surface area contributed by atoms with Crippen molar-refractivity contribution in [3.63, 3.8) is 0 Å². The van der Waals surface area contributed by atoms with Crippen LogP contribution in [0.2, 0.25) is 0 Å². The largest absolute Gasteiger partial charge is 0.323 e. The standard InChI is InChI=1S/C20H16F2N6/c1-2-15(9-21)27-12-25-19(13-3-5-14(22)6-4-13)20(27)17-7-8-18-24-11-16(10-23)28(18)26-17/h3-8,11-12,15H,2,9H2,1H3/t15-/m0/s1. The van der Waals surface area contributed by atoms with Crippen LogP contribution in [-0.2, 0) is 0 Å². The van der Waals surface area contributed by atoms with E-state index in [2.05, 4.69) is 15.1 Å². The predicted octanol–water partition coefficient (Wildman–Crippen LogP) is 4.19. The summed E-state index contributed by atoms with van der Waals surface area (Å²) >= 11 is 0. The lowest BCUT2D eigenvalue weighted by molar-refractivity contribution is 0.350. The number of nitrogens with zero attached hydrogens (tertiary/aromatic N) is 6. The van der Waals surface area contributed by atoms with Gasteiger partial charge in [-0.05, 0) is 42.8 Å². The molecular formula is C20H16F2N6. The fourth-order valence-corrected chi connectivity index (χ4v) is 3.17. The maximum Gasteiger partial charge on any atom is 0.162 e. The summed E-state index contributed by atoms with van der Waals surface area (Å²) in [4.78, 5) is 8.61. The van der Waals surface area contributed by atoms with Gasteiger partial charge in [0.25, 0.3) is 0 Å². The molecule has 0 spiro atoms. The number of imidazole rings is 2. The fraction of sp³-hybridized carbons (Fsp3) is 0.200. The number of aromatic nitrogens is 5. The van der Waals surface area contributed by atoms with E-state index in [-0.39, 0.29) is 5.82 Å². The highest BCUT2D eigenvalue weighted by Crippen LogP contribution is 2.33. The first-order chi connectivity index (χ1) is 13.7. The number of alkyl halides is 1. The average molecular weight is 378 g/mol. The van der Waals surface area contributed by atoms with Crippen molar-refractivity contribution in [2.75, 3.05) is 6.67 Å². The molecule has 6 nitrogen and oxygen atoms in total. The molecule has 8 heteroatoms. The van der Waals surface area contributed by atoms with E-state index in [1.165, 1.54) is 22.8 Å². The molecule has 0 saturated heterocycles. The normalized spacial score (nSPS) is 12.2. The Balaban J connectivity index is 1.96. The van der Waals surface area contributed by atoms with Crippen LogP contribution < -0.4 is 0 Å². The van der Waals surface area contributed by atoms with Gasteiger partial charge in [0.05, 0.1) is 30.0 Å². The summed E-state index contributed by atoms with van der Waals surface area (Å²) < 4.78 is 30.2. The zero-order chi connectivity index (χ0) is 19.7. The first kappa shape index (κ1) is 17.8. The summed E-state index contributed by atoms with van der Waals surface area (Å²) in [6.45, 7) is 1.34. The van der Waals surface area contributed by atoms with Crippen LogP contribution in [0, 0.1) is 17.1 Å². The molecule has 1 aromatic carbocycles. The smallest absolute Gasteiger partial charge is 0.162 e. The molecule has 0 amide bonds. The highest BCUT2D eigenvalue weighted by atomic mass is 19.1. The van der Waals surface area contributed by atoms with Gasteiger partial charge in [0.2, 0.25) is 0 Å². The Morgan fingerprint density at radius 2 is 1.93 bits per heavy atom. The van der Waals surface area contributed by atoms with Gasteiger partial charge in [-0.15, -0.1) is 0 Å². The van der Waals surface area contributed by atoms with Crippen LogP contribution >= 0.6 is 0 Å². The van der Waals surface area contributed by atoms with Crippen LogP contribution in [0.4, 0.5) is 8.78 Å². The van der Waals surface area contributed by atoms with E-state index >= 15 is 0 Å². The molecule has 0 saturated carbocycles. The van der Waals surface area contributed by atoms with E-state index in [9.17, 15) is 14.0 Å². The van der Waals surface area contributed by atoms with Crippen molar-refractivity contribution >= 4 is 5.65 Å². The van der Waals surface area contributed by atoms with Crippen molar-refractivity contribution in [2.24, 2.45) is 0 Å². The maximum absolute atomic E-state index is 13.6. The second-order valence-electron chi connectivity index (χ2n) is 6.32. The summed E-state index contributed by atoms with van der Waals surface area (Å²) in [5.74, 6) is -0.350. The molecule has 3 aromatic heterocycles. The second kappa shape index (κ2) is 7.19. The number of benzene rings is 1. The van der Waals surface area contributed by atoms with Gasteiger partial charge in [0.1, 0.15) is 24.3 Å². The van der Waals surface area contributed by atoms with E-state index in [1.54, 1.807) is 35.2 Å². The van der Waals surface area contributed by atoms with Gasteiger partial charge in [-0.25, -0.2) is 23.3 Å². The first-order valence-corrected chi connectivity index (χ1v) is 8.80. The van der Waals surface area contributed by atoms with Gasteiger partial charge in [0.15, 0.2) is 11.3 Å². The van der Waals surface area contributed by atoms with Crippen LogP contribution in [0.15, 0.2) is 48.9 Å².